The zero-order valence-electron chi connectivity index (χ0n) is 12.6. The molecule has 4 heteroatoms. The van der Waals surface area contributed by atoms with Crippen LogP contribution in [0.1, 0.15) is 36.9 Å². The Morgan fingerprint density at radius 2 is 2.19 bits per heavy atom. The lowest BCUT2D eigenvalue weighted by Gasteiger charge is -2.29. The van der Waals surface area contributed by atoms with E-state index in [1.807, 2.05) is 13.0 Å². The van der Waals surface area contributed by atoms with Gasteiger partial charge in [0.25, 0.3) is 0 Å². The molecule has 0 saturated heterocycles. The molecule has 3 rings (SSSR count). The van der Waals surface area contributed by atoms with Gasteiger partial charge in [0.2, 0.25) is 0 Å². The van der Waals surface area contributed by atoms with E-state index in [1.165, 1.54) is 24.1 Å². The summed E-state index contributed by atoms with van der Waals surface area (Å²) in [6, 6.07) is 9.02. The molecule has 2 N–H and O–H groups in total. The topological polar surface area (TPSA) is 38.5 Å². The highest BCUT2D eigenvalue weighted by Crippen LogP contribution is 2.40. The Balaban J connectivity index is 1.99. The molecule has 0 bridgehead atoms. The number of hydrogen-bond donors (Lipinski definition) is 1. The number of nitrogens with two attached hydrogens (primary N) is 1. The maximum Gasteiger partial charge on any atom is 0.125 e. The second kappa shape index (κ2) is 6.08. The van der Waals surface area contributed by atoms with Gasteiger partial charge in [0, 0.05) is 29.9 Å². The van der Waals surface area contributed by atoms with Gasteiger partial charge in [-0.2, -0.15) is 11.3 Å². The first-order chi connectivity index (χ1) is 10.2. The summed E-state index contributed by atoms with van der Waals surface area (Å²) in [6.07, 6.45) is 2.53. The van der Waals surface area contributed by atoms with Crippen molar-refractivity contribution in [2.75, 3.05) is 12.0 Å². The van der Waals surface area contributed by atoms with Gasteiger partial charge < -0.3 is 15.4 Å². The zero-order valence-corrected chi connectivity index (χ0v) is 13.4. The van der Waals surface area contributed by atoms with Crippen molar-refractivity contribution in [2.45, 2.75) is 38.4 Å². The van der Waals surface area contributed by atoms with Crippen LogP contribution in [0.3, 0.4) is 0 Å². The highest BCUT2D eigenvalue weighted by molar-refractivity contribution is 7.07. The van der Waals surface area contributed by atoms with E-state index in [4.69, 9.17) is 10.5 Å². The summed E-state index contributed by atoms with van der Waals surface area (Å²) in [6.45, 7) is 2.97. The van der Waals surface area contributed by atoms with E-state index in [-0.39, 0.29) is 6.04 Å². The molecule has 1 aliphatic rings. The lowest BCUT2D eigenvalue weighted by molar-refractivity contribution is 0.407. The molecule has 0 radical (unpaired) electrons. The van der Waals surface area contributed by atoms with E-state index >= 15 is 0 Å². The Morgan fingerprint density at radius 1 is 1.38 bits per heavy atom. The monoisotopic (exact) mass is 302 g/mol. The maximum absolute atomic E-state index is 6.22. The number of anilines is 1. The van der Waals surface area contributed by atoms with E-state index in [2.05, 4.69) is 33.9 Å². The Hall–Kier alpha value is -1.52. The van der Waals surface area contributed by atoms with Crippen LogP contribution in [0.2, 0.25) is 0 Å². The number of nitrogens with zero attached hydrogens (tertiary/aromatic N) is 1. The van der Waals surface area contributed by atoms with Crippen molar-refractivity contribution in [3.63, 3.8) is 0 Å². The molecule has 1 heterocycles. The largest absolute Gasteiger partial charge is 0.496 e. The number of hydrogen-bond acceptors (Lipinski definition) is 4. The normalized spacial score (nSPS) is 15.8. The fourth-order valence-electron chi connectivity index (χ4n) is 2.80. The first-order valence-corrected chi connectivity index (χ1v) is 8.35. The first-order valence-electron chi connectivity index (χ1n) is 7.41. The number of rotatable bonds is 6. The van der Waals surface area contributed by atoms with Gasteiger partial charge in [-0.15, -0.1) is 0 Å². The Kier molecular flexibility index (Phi) is 4.17. The van der Waals surface area contributed by atoms with E-state index < -0.39 is 0 Å². The molecule has 21 heavy (non-hydrogen) atoms. The zero-order chi connectivity index (χ0) is 14.8. The molecule has 1 fully saturated rings. The molecule has 1 atom stereocenters. The van der Waals surface area contributed by atoms with Gasteiger partial charge in [-0.05, 0) is 54.3 Å². The minimum atomic E-state index is -0.0418. The van der Waals surface area contributed by atoms with Crippen LogP contribution in [0.5, 0.6) is 5.75 Å². The number of benzene rings is 1. The second-order valence-electron chi connectivity index (χ2n) is 5.67. The fraction of sp³-hybridized carbons (Fsp3) is 0.412. The minimum Gasteiger partial charge on any atom is -0.496 e. The van der Waals surface area contributed by atoms with Crippen molar-refractivity contribution in [3.8, 4) is 5.75 Å². The summed E-state index contributed by atoms with van der Waals surface area (Å²) in [4.78, 5) is 2.49. The molecule has 1 aromatic carbocycles. The van der Waals surface area contributed by atoms with Gasteiger partial charge >= 0.3 is 0 Å². The van der Waals surface area contributed by atoms with Crippen molar-refractivity contribution in [1.29, 1.82) is 0 Å². The van der Waals surface area contributed by atoms with E-state index in [9.17, 15) is 0 Å². The van der Waals surface area contributed by atoms with Crippen LogP contribution in [0.25, 0.3) is 0 Å². The smallest absolute Gasteiger partial charge is 0.125 e. The van der Waals surface area contributed by atoms with Gasteiger partial charge in [-0.3, -0.25) is 0 Å². The van der Waals surface area contributed by atoms with Crippen LogP contribution < -0.4 is 15.4 Å². The SMILES string of the molecule is COc1cccc(N(Cc2ccsc2)C2CC2)c1[C@H](C)N. The highest BCUT2D eigenvalue weighted by atomic mass is 32.1. The summed E-state index contributed by atoms with van der Waals surface area (Å²) < 4.78 is 5.53. The van der Waals surface area contributed by atoms with E-state index in [0.29, 0.717) is 6.04 Å². The predicted molar refractivity (Wildman–Crippen MR) is 89.1 cm³/mol. The average molecular weight is 302 g/mol. The average Bonchev–Trinajstić information content (AvgIpc) is 3.20. The lowest BCUT2D eigenvalue weighted by atomic mass is 10.0. The van der Waals surface area contributed by atoms with Crippen molar-refractivity contribution < 1.29 is 4.74 Å². The third-order valence-corrected chi connectivity index (χ3v) is 4.68. The second-order valence-corrected chi connectivity index (χ2v) is 6.45. The van der Waals surface area contributed by atoms with Crippen LogP contribution in [-0.4, -0.2) is 13.2 Å². The number of methoxy groups -OCH3 is 1. The van der Waals surface area contributed by atoms with Crippen LogP contribution in [0, 0.1) is 0 Å². The molecule has 1 aromatic heterocycles. The third kappa shape index (κ3) is 3.06. The molecule has 0 unspecified atom stereocenters. The summed E-state index contributed by atoms with van der Waals surface area (Å²) in [5, 5.41) is 4.36. The molecule has 1 aliphatic carbocycles. The molecule has 0 aliphatic heterocycles. The summed E-state index contributed by atoms with van der Waals surface area (Å²) in [5.41, 5.74) is 9.92. The summed E-state index contributed by atoms with van der Waals surface area (Å²) in [7, 11) is 1.71. The van der Waals surface area contributed by atoms with Crippen molar-refractivity contribution in [2.24, 2.45) is 5.73 Å². The van der Waals surface area contributed by atoms with Crippen LogP contribution in [0.4, 0.5) is 5.69 Å². The number of thiophene rings is 1. The minimum absolute atomic E-state index is 0.0418. The van der Waals surface area contributed by atoms with Crippen LogP contribution in [0.15, 0.2) is 35.0 Å². The van der Waals surface area contributed by atoms with Crippen LogP contribution in [-0.2, 0) is 6.54 Å². The maximum atomic E-state index is 6.22. The Bertz CT molecular complexity index is 591. The molecule has 112 valence electrons. The molecular weight excluding hydrogens is 280 g/mol. The molecule has 1 saturated carbocycles. The molecule has 2 aromatic rings. The predicted octanol–water partition coefficient (Wildman–Crippen LogP) is 3.95. The quantitative estimate of drug-likeness (QED) is 0.878. The van der Waals surface area contributed by atoms with E-state index in [1.54, 1.807) is 18.4 Å². The van der Waals surface area contributed by atoms with Crippen molar-refractivity contribution in [1.82, 2.24) is 0 Å². The fourth-order valence-corrected chi connectivity index (χ4v) is 3.45. The Labute approximate surface area is 130 Å². The molecular formula is C17H22N2OS. The first kappa shape index (κ1) is 14.4. The van der Waals surface area contributed by atoms with Gasteiger partial charge in [-0.25, -0.2) is 0 Å². The van der Waals surface area contributed by atoms with Gasteiger partial charge in [0.1, 0.15) is 5.75 Å². The van der Waals surface area contributed by atoms with E-state index in [0.717, 1.165) is 17.9 Å². The molecule has 0 amide bonds. The third-order valence-electron chi connectivity index (χ3n) is 3.95. The summed E-state index contributed by atoms with van der Waals surface area (Å²) >= 11 is 1.75. The molecule has 0 spiro atoms. The van der Waals surface area contributed by atoms with Crippen LogP contribution >= 0.6 is 11.3 Å². The number of ether oxygens (including phenoxy) is 1. The van der Waals surface area contributed by atoms with Gasteiger partial charge in [0.15, 0.2) is 0 Å². The lowest BCUT2D eigenvalue weighted by Crippen LogP contribution is -2.27. The standard InChI is InChI=1S/C17H22N2OS/c1-12(18)17-15(4-3-5-16(17)20-2)19(14-6-7-14)10-13-8-9-21-11-13/h3-5,8-9,11-12,14H,6-7,10,18H2,1-2H3/t12-/m0/s1. The van der Waals surface area contributed by atoms with Crippen molar-refractivity contribution >= 4 is 17.0 Å². The Morgan fingerprint density at radius 3 is 2.76 bits per heavy atom. The van der Waals surface area contributed by atoms with Crippen molar-refractivity contribution in [3.05, 3.63) is 46.2 Å². The molecule has 3 nitrogen and oxygen atoms in total. The van der Waals surface area contributed by atoms with Gasteiger partial charge in [-0.1, -0.05) is 6.07 Å². The highest BCUT2D eigenvalue weighted by Gasteiger charge is 2.31. The summed E-state index contributed by atoms with van der Waals surface area (Å²) in [5.74, 6) is 0.887. The van der Waals surface area contributed by atoms with Gasteiger partial charge in [0.05, 0.1) is 7.11 Å².